The van der Waals surface area contributed by atoms with Crippen molar-refractivity contribution >= 4 is 44.1 Å². The molecule has 1 aromatic carbocycles. The molecule has 6 nitrogen and oxygen atoms in total. The highest BCUT2D eigenvalue weighted by Crippen LogP contribution is 2.36. The van der Waals surface area contributed by atoms with E-state index in [0.29, 0.717) is 11.4 Å². The molecule has 4 aromatic rings. The summed E-state index contributed by atoms with van der Waals surface area (Å²) >= 11 is 1.48. The maximum atomic E-state index is 13.0. The molecule has 0 bridgehead atoms. The number of nitrogens with one attached hydrogen (secondary N) is 3. The van der Waals surface area contributed by atoms with E-state index in [1.807, 2.05) is 25.4 Å². The lowest BCUT2D eigenvalue weighted by atomic mass is 10.0. The summed E-state index contributed by atoms with van der Waals surface area (Å²) in [6.45, 7) is 2.52. The fraction of sp³-hybridized carbons (Fsp3) is 0.304. The molecule has 1 aliphatic heterocycles. The van der Waals surface area contributed by atoms with Crippen molar-refractivity contribution in [3.8, 4) is 0 Å². The number of anilines is 1. The van der Waals surface area contributed by atoms with E-state index < -0.39 is 0 Å². The highest BCUT2D eigenvalue weighted by molar-refractivity contribution is 7.21. The Morgan fingerprint density at radius 1 is 1.30 bits per heavy atom. The molecule has 0 aliphatic carbocycles. The van der Waals surface area contributed by atoms with Crippen LogP contribution in [-0.2, 0) is 19.4 Å². The fourth-order valence-corrected chi connectivity index (χ4v) is 5.36. The molecular formula is C23H25N5OS. The number of carbonyl (C=O) groups excluding carboxylic acids is 1. The number of nitrogens with zero attached hydrogens (tertiary/aromatic N) is 2. The molecule has 0 unspecified atom stereocenters. The third kappa shape index (κ3) is 3.34. The highest BCUT2D eigenvalue weighted by Gasteiger charge is 2.22. The Morgan fingerprint density at radius 3 is 3.03 bits per heavy atom. The summed E-state index contributed by atoms with van der Waals surface area (Å²) in [5.41, 5.74) is 5.65. The Bertz CT molecular complexity index is 1240. The van der Waals surface area contributed by atoms with E-state index in [0.717, 1.165) is 53.0 Å². The van der Waals surface area contributed by atoms with Crippen molar-refractivity contribution in [3.05, 3.63) is 58.2 Å². The minimum Gasteiger partial charge on any atom is -0.386 e. The molecule has 0 spiro atoms. The second kappa shape index (κ2) is 7.74. The molecule has 0 radical (unpaired) electrons. The van der Waals surface area contributed by atoms with Gasteiger partial charge in [-0.3, -0.25) is 4.79 Å². The quantitative estimate of drug-likeness (QED) is 0.460. The van der Waals surface area contributed by atoms with E-state index in [-0.39, 0.29) is 5.91 Å². The van der Waals surface area contributed by atoms with E-state index in [1.54, 1.807) is 0 Å². The van der Waals surface area contributed by atoms with Crippen molar-refractivity contribution < 1.29 is 4.79 Å². The third-order valence-corrected chi connectivity index (χ3v) is 6.93. The fourth-order valence-electron chi connectivity index (χ4n) is 4.26. The summed E-state index contributed by atoms with van der Waals surface area (Å²) < 4.78 is 0. The molecule has 3 N–H and O–H groups in total. The van der Waals surface area contributed by atoms with Crippen LogP contribution in [0.15, 0.2) is 36.5 Å². The zero-order chi connectivity index (χ0) is 20.7. The van der Waals surface area contributed by atoms with Crippen LogP contribution in [0.25, 0.3) is 21.1 Å². The van der Waals surface area contributed by atoms with Crippen LogP contribution in [0.4, 0.5) is 5.69 Å². The summed E-state index contributed by atoms with van der Waals surface area (Å²) in [5, 5.41) is 8.58. The minimum atomic E-state index is -0.0442. The van der Waals surface area contributed by atoms with E-state index in [1.165, 1.54) is 27.8 Å². The molecule has 5 rings (SSSR count). The number of aromatic amines is 1. The second-order valence-corrected chi connectivity index (χ2v) is 8.86. The lowest BCUT2D eigenvalue weighted by Crippen LogP contribution is -2.27. The minimum absolute atomic E-state index is 0.0442. The summed E-state index contributed by atoms with van der Waals surface area (Å²) in [4.78, 5) is 25.1. The maximum absolute atomic E-state index is 13.0. The number of aromatic nitrogens is 2. The number of H-pyrrole nitrogens is 1. The van der Waals surface area contributed by atoms with Crippen LogP contribution >= 0.6 is 11.3 Å². The van der Waals surface area contributed by atoms with Gasteiger partial charge in [-0.05, 0) is 36.7 Å². The molecule has 4 heterocycles. The molecule has 0 saturated heterocycles. The van der Waals surface area contributed by atoms with Crippen LogP contribution < -0.4 is 10.6 Å². The van der Waals surface area contributed by atoms with Gasteiger partial charge in [0.05, 0.1) is 5.69 Å². The van der Waals surface area contributed by atoms with Crippen LogP contribution in [0.3, 0.4) is 0 Å². The summed E-state index contributed by atoms with van der Waals surface area (Å²) in [5.74, 6) is -0.0442. The third-order valence-electron chi connectivity index (χ3n) is 5.83. The lowest BCUT2D eigenvalue weighted by Gasteiger charge is -2.24. The van der Waals surface area contributed by atoms with Crippen molar-refractivity contribution in [2.75, 3.05) is 32.5 Å². The summed E-state index contributed by atoms with van der Waals surface area (Å²) in [6.07, 6.45) is 3.77. The highest BCUT2D eigenvalue weighted by atomic mass is 32.1. The smallest absolute Gasteiger partial charge is 0.263 e. The van der Waals surface area contributed by atoms with Gasteiger partial charge in [-0.2, -0.15) is 0 Å². The van der Waals surface area contributed by atoms with Crippen molar-refractivity contribution in [2.24, 2.45) is 0 Å². The number of pyridine rings is 1. The molecule has 0 saturated carbocycles. The number of hydrogen-bond donors (Lipinski definition) is 3. The number of carbonyl (C=O) groups is 1. The van der Waals surface area contributed by atoms with Crippen molar-refractivity contribution in [3.63, 3.8) is 0 Å². The van der Waals surface area contributed by atoms with Crippen molar-refractivity contribution in [2.45, 2.75) is 19.4 Å². The number of para-hydroxylation sites is 1. The Balaban J connectivity index is 1.36. The van der Waals surface area contributed by atoms with Gasteiger partial charge in [-0.15, -0.1) is 11.3 Å². The molecule has 7 heteroatoms. The van der Waals surface area contributed by atoms with Crippen LogP contribution in [0.2, 0.25) is 0 Å². The van der Waals surface area contributed by atoms with Gasteiger partial charge >= 0.3 is 0 Å². The average Bonchev–Trinajstić information content (AvgIpc) is 3.33. The molecule has 1 aliphatic rings. The van der Waals surface area contributed by atoms with Gasteiger partial charge in [0.15, 0.2) is 0 Å². The van der Waals surface area contributed by atoms with E-state index in [2.05, 4.69) is 45.8 Å². The Labute approximate surface area is 179 Å². The molecule has 0 fully saturated rings. The van der Waals surface area contributed by atoms with E-state index in [4.69, 9.17) is 4.98 Å². The molecular weight excluding hydrogens is 394 g/mol. The van der Waals surface area contributed by atoms with Crippen molar-refractivity contribution in [1.82, 2.24) is 20.2 Å². The van der Waals surface area contributed by atoms with Gasteiger partial charge in [-0.25, -0.2) is 4.98 Å². The number of benzene rings is 1. The predicted octanol–water partition coefficient (Wildman–Crippen LogP) is 3.78. The first kappa shape index (κ1) is 19.1. The van der Waals surface area contributed by atoms with E-state index in [9.17, 15) is 4.79 Å². The largest absolute Gasteiger partial charge is 0.386 e. The first-order chi connectivity index (χ1) is 14.6. The number of likely N-dealkylation sites (N-methyl/N-ethyl adjacent to an activating group) is 1. The zero-order valence-electron chi connectivity index (χ0n) is 17.2. The van der Waals surface area contributed by atoms with Gasteiger partial charge in [0.25, 0.3) is 5.91 Å². The van der Waals surface area contributed by atoms with Crippen LogP contribution in [0, 0.1) is 0 Å². The molecule has 0 atom stereocenters. The number of fused-ring (bicyclic) bond motifs is 3. The molecule has 154 valence electrons. The van der Waals surface area contributed by atoms with Gasteiger partial charge in [0.2, 0.25) is 0 Å². The number of amides is 1. The van der Waals surface area contributed by atoms with E-state index >= 15 is 0 Å². The van der Waals surface area contributed by atoms with Gasteiger partial charge < -0.3 is 20.5 Å². The standard InChI is InChI=1S/C23H25N5OS/c1-24-20-17-11-15-13-28(2)10-8-18(15)27-23(17)30-21(20)22(29)25-9-7-14-12-26-19-6-4-3-5-16(14)19/h3-6,11-12,24,26H,7-10,13H2,1-2H3,(H,25,29). The van der Waals surface area contributed by atoms with Crippen LogP contribution in [-0.4, -0.2) is 48.0 Å². The van der Waals surface area contributed by atoms with Crippen LogP contribution in [0.1, 0.15) is 26.5 Å². The number of rotatable bonds is 5. The van der Waals surface area contributed by atoms with Gasteiger partial charge in [0, 0.05) is 61.3 Å². The Morgan fingerprint density at radius 2 is 2.17 bits per heavy atom. The van der Waals surface area contributed by atoms with Crippen molar-refractivity contribution in [1.29, 1.82) is 0 Å². The van der Waals surface area contributed by atoms with Crippen LogP contribution in [0.5, 0.6) is 0 Å². The lowest BCUT2D eigenvalue weighted by molar-refractivity contribution is 0.0959. The predicted molar refractivity (Wildman–Crippen MR) is 124 cm³/mol. The first-order valence-electron chi connectivity index (χ1n) is 10.3. The monoisotopic (exact) mass is 419 g/mol. The number of thiophene rings is 1. The number of hydrogen-bond acceptors (Lipinski definition) is 5. The molecule has 1 amide bonds. The average molecular weight is 420 g/mol. The Kier molecular flexibility index (Phi) is 4.92. The summed E-state index contributed by atoms with van der Waals surface area (Å²) in [6, 6.07) is 10.4. The molecule has 30 heavy (non-hydrogen) atoms. The maximum Gasteiger partial charge on any atom is 0.263 e. The topological polar surface area (TPSA) is 73.0 Å². The SMILES string of the molecule is CNc1c(C(=O)NCCc2c[nH]c3ccccc23)sc2nc3c(cc12)CN(C)CC3. The van der Waals surface area contributed by atoms with Gasteiger partial charge in [-0.1, -0.05) is 18.2 Å². The zero-order valence-corrected chi connectivity index (χ0v) is 18.0. The summed E-state index contributed by atoms with van der Waals surface area (Å²) in [7, 11) is 4.00. The molecule has 3 aromatic heterocycles. The first-order valence-corrected chi connectivity index (χ1v) is 11.1. The second-order valence-electron chi connectivity index (χ2n) is 7.86. The normalized spacial score (nSPS) is 14.2. The van der Waals surface area contributed by atoms with Gasteiger partial charge in [0.1, 0.15) is 9.71 Å². The Hall–Kier alpha value is -2.90.